The van der Waals surface area contributed by atoms with Crippen molar-refractivity contribution >= 4 is 0 Å². The highest BCUT2D eigenvalue weighted by Gasteiger charge is 2.46. The molecular formula is C35H37F7O4. The first-order valence-electron chi connectivity index (χ1n) is 15.7. The summed E-state index contributed by atoms with van der Waals surface area (Å²) in [5, 5.41) is 0. The number of unbranched alkanes of at least 4 members (excludes halogenated alkanes) is 2. The van der Waals surface area contributed by atoms with Gasteiger partial charge >= 0.3 is 12.5 Å². The fraction of sp³-hybridized carbons (Fsp3) is 0.486. The maximum atomic E-state index is 15.2. The third-order valence-electron chi connectivity index (χ3n) is 8.73. The number of aryl methyl sites for hydroxylation is 1. The number of halogens is 7. The lowest BCUT2D eigenvalue weighted by molar-refractivity contribution is -0.275. The van der Waals surface area contributed by atoms with Crippen molar-refractivity contribution < 1.29 is 49.7 Å². The van der Waals surface area contributed by atoms with Crippen LogP contribution in [0.5, 0.6) is 11.5 Å². The minimum Gasteiger partial charge on any atom is -0.432 e. The van der Waals surface area contributed by atoms with Crippen molar-refractivity contribution in [1.29, 1.82) is 0 Å². The maximum Gasteiger partial charge on any atom is 0.573 e. The lowest BCUT2D eigenvalue weighted by Crippen LogP contribution is -2.41. The minimum atomic E-state index is -5.12. The molecule has 2 aliphatic rings. The van der Waals surface area contributed by atoms with Crippen LogP contribution in [0.4, 0.5) is 30.7 Å². The predicted octanol–water partition coefficient (Wildman–Crippen LogP) is 10.2. The van der Waals surface area contributed by atoms with E-state index in [-0.39, 0.29) is 43.7 Å². The third kappa shape index (κ3) is 8.73. The van der Waals surface area contributed by atoms with Gasteiger partial charge in [-0.15, -0.1) is 13.2 Å². The van der Waals surface area contributed by atoms with Crippen molar-refractivity contribution in [3.63, 3.8) is 0 Å². The predicted molar refractivity (Wildman–Crippen MR) is 158 cm³/mol. The smallest absolute Gasteiger partial charge is 0.432 e. The molecule has 46 heavy (non-hydrogen) atoms. The zero-order valence-corrected chi connectivity index (χ0v) is 25.4. The van der Waals surface area contributed by atoms with E-state index in [4.69, 9.17) is 14.2 Å². The maximum absolute atomic E-state index is 15.2. The molecule has 0 aromatic heterocycles. The van der Waals surface area contributed by atoms with E-state index in [1.54, 1.807) is 6.07 Å². The molecule has 1 saturated carbocycles. The Hall–Kier alpha value is -3.31. The second kappa shape index (κ2) is 14.6. The van der Waals surface area contributed by atoms with Gasteiger partial charge in [0, 0.05) is 17.9 Å². The van der Waals surface area contributed by atoms with Crippen molar-refractivity contribution in [3.8, 4) is 22.6 Å². The Kier molecular flexibility index (Phi) is 10.8. The van der Waals surface area contributed by atoms with Gasteiger partial charge in [-0.25, -0.2) is 8.78 Å². The average Bonchev–Trinajstić information content (AvgIpc) is 3.02. The summed E-state index contributed by atoms with van der Waals surface area (Å²) in [6.07, 6.45) is -4.03. The summed E-state index contributed by atoms with van der Waals surface area (Å²) in [6.45, 7) is 2.63. The molecule has 0 radical (unpaired) electrons. The first-order valence-corrected chi connectivity index (χ1v) is 15.7. The molecule has 5 rings (SSSR count). The van der Waals surface area contributed by atoms with Crippen molar-refractivity contribution in [3.05, 3.63) is 83.4 Å². The molecule has 250 valence electrons. The zero-order valence-electron chi connectivity index (χ0n) is 25.4. The fourth-order valence-corrected chi connectivity index (χ4v) is 6.17. The highest BCUT2D eigenvalue weighted by Crippen LogP contribution is 2.43. The Morgan fingerprint density at radius 2 is 1.41 bits per heavy atom. The van der Waals surface area contributed by atoms with Gasteiger partial charge < -0.3 is 18.9 Å². The molecule has 11 heteroatoms. The molecule has 1 aliphatic carbocycles. The summed E-state index contributed by atoms with van der Waals surface area (Å²) in [7, 11) is 0. The molecular weight excluding hydrogens is 617 g/mol. The molecule has 0 atom stereocenters. The first-order chi connectivity index (χ1) is 21.9. The van der Waals surface area contributed by atoms with Crippen LogP contribution < -0.4 is 9.47 Å². The van der Waals surface area contributed by atoms with Gasteiger partial charge in [-0.05, 0) is 79.0 Å². The zero-order chi connectivity index (χ0) is 32.9. The topological polar surface area (TPSA) is 36.9 Å². The average molecular weight is 655 g/mol. The van der Waals surface area contributed by atoms with Gasteiger partial charge in [0.2, 0.25) is 0 Å². The van der Waals surface area contributed by atoms with Gasteiger partial charge in [0.15, 0.2) is 17.9 Å². The van der Waals surface area contributed by atoms with Gasteiger partial charge in [0.1, 0.15) is 11.6 Å². The summed E-state index contributed by atoms with van der Waals surface area (Å²) >= 11 is 0. The normalized spacial score (nSPS) is 22.4. The molecule has 0 N–H and O–H groups in total. The molecule has 1 saturated heterocycles. The highest BCUT2D eigenvalue weighted by molar-refractivity contribution is 5.64. The van der Waals surface area contributed by atoms with Crippen LogP contribution in [0.15, 0.2) is 60.7 Å². The standard InChI is InChI=1S/C35H37F7O4/c1-2-3-4-5-22-6-8-23(9-7-22)25-12-16-29(30(36)18-25)26-20-43-33(44-21-26)24-10-13-27(14-11-24)34(38,39)45-28-15-17-32(31(37)19-28)46-35(40,41)42/h6-9,12,15-19,24,26-27,33H,2-5,10-11,13-14,20-21H2,1H3. The van der Waals surface area contributed by atoms with Crippen LogP contribution >= 0.6 is 0 Å². The van der Waals surface area contributed by atoms with E-state index in [0.717, 1.165) is 30.0 Å². The third-order valence-corrected chi connectivity index (χ3v) is 8.73. The number of hydrogen-bond donors (Lipinski definition) is 0. The molecule has 0 bridgehead atoms. The summed E-state index contributed by atoms with van der Waals surface area (Å²) in [5.74, 6) is -5.23. The summed E-state index contributed by atoms with van der Waals surface area (Å²) in [6, 6.07) is 15.2. The van der Waals surface area contributed by atoms with Crippen LogP contribution in [0.25, 0.3) is 11.1 Å². The molecule has 3 aromatic carbocycles. The van der Waals surface area contributed by atoms with Gasteiger partial charge in [-0.3, -0.25) is 0 Å². The number of benzene rings is 3. The van der Waals surface area contributed by atoms with Crippen LogP contribution in [0.1, 0.15) is 68.9 Å². The molecule has 0 amide bonds. The van der Waals surface area contributed by atoms with Gasteiger partial charge in [-0.1, -0.05) is 56.2 Å². The number of hydrogen-bond acceptors (Lipinski definition) is 4. The SMILES string of the molecule is CCCCCc1ccc(-c2ccc(C3COC(C4CCC(C(F)(F)Oc5ccc(OC(F)(F)F)c(F)c5)CC4)OC3)c(F)c2)cc1. The molecule has 1 aliphatic heterocycles. The molecule has 2 fully saturated rings. The van der Waals surface area contributed by atoms with Crippen molar-refractivity contribution in [1.82, 2.24) is 0 Å². The van der Waals surface area contributed by atoms with E-state index in [9.17, 15) is 26.3 Å². The monoisotopic (exact) mass is 654 g/mol. The largest absolute Gasteiger partial charge is 0.573 e. The molecule has 1 heterocycles. The van der Waals surface area contributed by atoms with E-state index < -0.39 is 42.0 Å². The molecule has 3 aromatic rings. The van der Waals surface area contributed by atoms with Crippen molar-refractivity contribution in [2.75, 3.05) is 13.2 Å². The fourth-order valence-electron chi connectivity index (χ4n) is 6.17. The first kappa shape index (κ1) is 34.0. The van der Waals surface area contributed by atoms with Crippen LogP contribution in [-0.4, -0.2) is 32.0 Å². The van der Waals surface area contributed by atoms with Crippen LogP contribution in [0, 0.1) is 23.5 Å². The Bertz CT molecular complexity index is 1430. The Morgan fingerprint density at radius 3 is 2.02 bits per heavy atom. The van der Waals surface area contributed by atoms with Gasteiger partial charge in [0.05, 0.1) is 19.1 Å². The van der Waals surface area contributed by atoms with Crippen LogP contribution in [0.3, 0.4) is 0 Å². The lowest BCUT2D eigenvalue weighted by atomic mass is 9.80. The van der Waals surface area contributed by atoms with Crippen LogP contribution in [-0.2, 0) is 15.9 Å². The number of ether oxygens (including phenoxy) is 4. The Labute approximate surface area is 263 Å². The van der Waals surface area contributed by atoms with E-state index in [2.05, 4.69) is 23.8 Å². The quantitative estimate of drug-likeness (QED) is 0.152. The van der Waals surface area contributed by atoms with Crippen LogP contribution in [0.2, 0.25) is 0 Å². The second-order valence-corrected chi connectivity index (χ2v) is 12.0. The van der Waals surface area contributed by atoms with Gasteiger partial charge in [0.25, 0.3) is 0 Å². The summed E-state index contributed by atoms with van der Waals surface area (Å²) in [4.78, 5) is 0. The number of rotatable bonds is 11. The highest BCUT2D eigenvalue weighted by atomic mass is 19.4. The molecule has 0 spiro atoms. The second-order valence-electron chi connectivity index (χ2n) is 12.0. The number of alkyl halides is 5. The summed E-state index contributed by atoms with van der Waals surface area (Å²) in [5.41, 5.74) is 3.48. The van der Waals surface area contributed by atoms with E-state index in [0.29, 0.717) is 30.5 Å². The molecule has 4 nitrogen and oxygen atoms in total. The Balaban J connectivity index is 1.10. The lowest BCUT2D eigenvalue weighted by Gasteiger charge is -2.39. The van der Waals surface area contributed by atoms with Gasteiger partial charge in [-0.2, -0.15) is 8.78 Å². The minimum absolute atomic E-state index is 0.0673. The van der Waals surface area contributed by atoms with Crippen molar-refractivity contribution in [2.45, 2.75) is 83.0 Å². The summed E-state index contributed by atoms with van der Waals surface area (Å²) < 4.78 is 116. The van der Waals surface area contributed by atoms with Crippen molar-refractivity contribution in [2.24, 2.45) is 11.8 Å². The molecule has 0 unspecified atom stereocenters. The van der Waals surface area contributed by atoms with E-state index in [1.807, 2.05) is 18.2 Å². The van der Waals surface area contributed by atoms with E-state index in [1.165, 1.54) is 24.5 Å². The van der Waals surface area contributed by atoms with E-state index >= 15 is 4.39 Å². The Morgan fingerprint density at radius 1 is 0.739 bits per heavy atom.